The second-order valence-electron chi connectivity index (χ2n) is 5.30. The standard InChI is InChI=1S/C14H23NO3S/c1-11(2)12(3)8-15-19(17,18)10-14-6-4-13(9-16)5-7-14/h4-7,11-12,15-16H,8-10H2,1-3H3. The van der Waals surface area contributed by atoms with Gasteiger partial charge in [0.15, 0.2) is 0 Å². The summed E-state index contributed by atoms with van der Waals surface area (Å²) in [5.41, 5.74) is 1.50. The third-order valence-electron chi connectivity index (χ3n) is 3.33. The summed E-state index contributed by atoms with van der Waals surface area (Å²) < 4.78 is 26.5. The van der Waals surface area contributed by atoms with Crippen LogP contribution in [-0.2, 0) is 22.4 Å². The first-order valence-electron chi connectivity index (χ1n) is 6.50. The van der Waals surface area contributed by atoms with Gasteiger partial charge < -0.3 is 5.11 Å². The molecule has 1 aromatic rings. The van der Waals surface area contributed by atoms with Gasteiger partial charge in [-0.05, 0) is 23.0 Å². The van der Waals surface area contributed by atoms with Crippen molar-refractivity contribution in [2.24, 2.45) is 11.8 Å². The number of aliphatic hydroxyl groups excluding tert-OH is 1. The SMILES string of the molecule is CC(C)C(C)CNS(=O)(=O)Cc1ccc(CO)cc1. The molecule has 1 aromatic carbocycles. The van der Waals surface area contributed by atoms with Crippen LogP contribution in [0, 0.1) is 11.8 Å². The first-order chi connectivity index (χ1) is 8.84. The van der Waals surface area contributed by atoms with Gasteiger partial charge in [0.1, 0.15) is 0 Å². The number of nitrogens with one attached hydrogen (secondary N) is 1. The van der Waals surface area contributed by atoms with Crippen molar-refractivity contribution >= 4 is 10.0 Å². The van der Waals surface area contributed by atoms with Gasteiger partial charge >= 0.3 is 0 Å². The third kappa shape index (κ3) is 5.72. The number of hydrogen-bond acceptors (Lipinski definition) is 3. The van der Waals surface area contributed by atoms with E-state index in [0.717, 1.165) is 11.1 Å². The Morgan fingerprint density at radius 2 is 1.63 bits per heavy atom. The molecule has 1 atom stereocenters. The van der Waals surface area contributed by atoms with Crippen LogP contribution >= 0.6 is 0 Å². The molecule has 1 unspecified atom stereocenters. The number of sulfonamides is 1. The topological polar surface area (TPSA) is 66.4 Å². The van der Waals surface area contributed by atoms with Gasteiger partial charge in [-0.25, -0.2) is 13.1 Å². The molecule has 0 spiro atoms. The van der Waals surface area contributed by atoms with E-state index < -0.39 is 10.0 Å². The minimum atomic E-state index is -3.30. The molecular weight excluding hydrogens is 262 g/mol. The van der Waals surface area contributed by atoms with Crippen molar-refractivity contribution in [3.63, 3.8) is 0 Å². The summed E-state index contributed by atoms with van der Waals surface area (Å²) in [6.07, 6.45) is 0. The van der Waals surface area contributed by atoms with Gasteiger partial charge in [-0.2, -0.15) is 0 Å². The Balaban J connectivity index is 2.58. The van der Waals surface area contributed by atoms with Crippen molar-refractivity contribution in [2.75, 3.05) is 6.54 Å². The fourth-order valence-corrected chi connectivity index (χ4v) is 2.76. The van der Waals surface area contributed by atoms with Crippen LogP contribution in [-0.4, -0.2) is 20.1 Å². The maximum Gasteiger partial charge on any atom is 0.215 e. The molecule has 2 N–H and O–H groups in total. The Morgan fingerprint density at radius 3 is 2.11 bits per heavy atom. The Labute approximate surface area is 115 Å². The highest BCUT2D eigenvalue weighted by molar-refractivity contribution is 7.88. The van der Waals surface area contributed by atoms with E-state index in [1.807, 2.05) is 6.92 Å². The Hall–Kier alpha value is -0.910. The summed E-state index contributed by atoms with van der Waals surface area (Å²) in [5, 5.41) is 8.93. The molecule has 108 valence electrons. The molecule has 0 saturated heterocycles. The second-order valence-corrected chi connectivity index (χ2v) is 7.11. The molecule has 0 saturated carbocycles. The third-order valence-corrected chi connectivity index (χ3v) is 4.65. The lowest BCUT2D eigenvalue weighted by molar-refractivity contribution is 0.282. The fraction of sp³-hybridized carbons (Fsp3) is 0.571. The number of hydrogen-bond donors (Lipinski definition) is 2. The first-order valence-corrected chi connectivity index (χ1v) is 8.15. The largest absolute Gasteiger partial charge is 0.392 e. The molecule has 0 aliphatic carbocycles. The van der Waals surface area contributed by atoms with E-state index in [-0.39, 0.29) is 12.4 Å². The van der Waals surface area contributed by atoms with Crippen LogP contribution < -0.4 is 4.72 Å². The molecule has 0 aromatic heterocycles. The molecule has 4 nitrogen and oxygen atoms in total. The van der Waals surface area contributed by atoms with E-state index in [9.17, 15) is 8.42 Å². The average Bonchev–Trinajstić information content (AvgIpc) is 2.36. The van der Waals surface area contributed by atoms with Crippen LogP contribution in [0.4, 0.5) is 0 Å². The first kappa shape index (κ1) is 16.1. The fourth-order valence-electron chi connectivity index (χ4n) is 1.51. The molecule has 19 heavy (non-hydrogen) atoms. The van der Waals surface area contributed by atoms with Crippen LogP contribution in [0.15, 0.2) is 24.3 Å². The van der Waals surface area contributed by atoms with Crippen molar-refractivity contribution in [3.05, 3.63) is 35.4 Å². The van der Waals surface area contributed by atoms with Gasteiger partial charge in [0.05, 0.1) is 12.4 Å². The minimum absolute atomic E-state index is 0.0243. The highest BCUT2D eigenvalue weighted by atomic mass is 32.2. The Bertz CT molecular complexity index is 480. The van der Waals surface area contributed by atoms with Crippen LogP contribution in [0.25, 0.3) is 0 Å². The normalized spacial score (nSPS) is 13.7. The average molecular weight is 285 g/mol. The van der Waals surface area contributed by atoms with Crippen LogP contribution in [0.5, 0.6) is 0 Å². The summed E-state index contributed by atoms with van der Waals surface area (Å²) in [6.45, 7) is 6.62. The number of rotatable bonds is 7. The quantitative estimate of drug-likeness (QED) is 0.804. The maximum absolute atomic E-state index is 11.9. The van der Waals surface area contributed by atoms with Crippen molar-refractivity contribution in [2.45, 2.75) is 33.1 Å². The predicted molar refractivity (Wildman–Crippen MR) is 77.0 cm³/mol. The molecule has 0 bridgehead atoms. The zero-order valence-corrected chi connectivity index (χ0v) is 12.6. The monoisotopic (exact) mass is 285 g/mol. The van der Waals surface area contributed by atoms with Crippen molar-refractivity contribution < 1.29 is 13.5 Å². The Morgan fingerprint density at radius 1 is 1.11 bits per heavy atom. The molecule has 1 rings (SSSR count). The van der Waals surface area contributed by atoms with Gasteiger partial charge in [-0.1, -0.05) is 45.0 Å². The van der Waals surface area contributed by atoms with Crippen molar-refractivity contribution in [3.8, 4) is 0 Å². The lowest BCUT2D eigenvalue weighted by Gasteiger charge is -2.16. The van der Waals surface area contributed by atoms with Gasteiger partial charge in [0.25, 0.3) is 0 Å². The van der Waals surface area contributed by atoms with Gasteiger partial charge in [0.2, 0.25) is 10.0 Å². The summed E-state index contributed by atoms with van der Waals surface area (Å²) >= 11 is 0. The second kappa shape index (κ2) is 7.03. The summed E-state index contributed by atoms with van der Waals surface area (Å²) in [6, 6.07) is 6.94. The molecule has 0 radical (unpaired) electrons. The maximum atomic E-state index is 11.9. The molecule has 0 heterocycles. The Kier molecular flexibility index (Phi) is 5.97. The number of benzene rings is 1. The van der Waals surface area contributed by atoms with E-state index in [4.69, 9.17) is 5.11 Å². The molecule has 0 amide bonds. The lowest BCUT2D eigenvalue weighted by Crippen LogP contribution is -2.31. The molecule has 0 aliphatic heterocycles. The van der Waals surface area contributed by atoms with Crippen LogP contribution in [0.2, 0.25) is 0 Å². The van der Waals surface area contributed by atoms with Crippen LogP contribution in [0.1, 0.15) is 31.9 Å². The molecule has 0 fully saturated rings. The highest BCUT2D eigenvalue weighted by Gasteiger charge is 2.14. The van der Waals surface area contributed by atoms with Gasteiger partial charge in [0, 0.05) is 6.54 Å². The zero-order valence-electron chi connectivity index (χ0n) is 11.8. The zero-order chi connectivity index (χ0) is 14.5. The number of aliphatic hydroxyl groups is 1. The molecule has 5 heteroatoms. The van der Waals surface area contributed by atoms with E-state index in [2.05, 4.69) is 18.6 Å². The summed E-state index contributed by atoms with van der Waals surface area (Å²) in [4.78, 5) is 0. The van der Waals surface area contributed by atoms with Crippen LogP contribution in [0.3, 0.4) is 0 Å². The minimum Gasteiger partial charge on any atom is -0.392 e. The van der Waals surface area contributed by atoms with Gasteiger partial charge in [-0.15, -0.1) is 0 Å². The molecular formula is C14H23NO3S. The predicted octanol–water partition coefficient (Wildman–Crippen LogP) is 1.89. The molecule has 0 aliphatic rings. The summed E-state index contributed by atoms with van der Waals surface area (Å²) in [5.74, 6) is 0.738. The summed E-state index contributed by atoms with van der Waals surface area (Å²) in [7, 11) is -3.30. The van der Waals surface area contributed by atoms with E-state index >= 15 is 0 Å². The van der Waals surface area contributed by atoms with E-state index in [1.165, 1.54) is 0 Å². The van der Waals surface area contributed by atoms with Crippen molar-refractivity contribution in [1.29, 1.82) is 0 Å². The van der Waals surface area contributed by atoms with Gasteiger partial charge in [-0.3, -0.25) is 0 Å². The van der Waals surface area contributed by atoms with Crippen molar-refractivity contribution in [1.82, 2.24) is 4.72 Å². The lowest BCUT2D eigenvalue weighted by atomic mass is 9.99. The van der Waals surface area contributed by atoms with E-state index in [0.29, 0.717) is 18.4 Å². The van der Waals surface area contributed by atoms with E-state index in [1.54, 1.807) is 24.3 Å². The highest BCUT2D eigenvalue weighted by Crippen LogP contribution is 2.11. The smallest absolute Gasteiger partial charge is 0.215 e.